The summed E-state index contributed by atoms with van der Waals surface area (Å²) in [4.78, 5) is 16.3. The summed E-state index contributed by atoms with van der Waals surface area (Å²) < 4.78 is 16.0. The average molecular weight is 517 g/mol. The number of hydrogen-bond acceptors (Lipinski definition) is 9. The molecule has 1 atom stereocenters. The fourth-order valence-electron chi connectivity index (χ4n) is 4.04. The summed E-state index contributed by atoms with van der Waals surface area (Å²) in [7, 11) is 4.71. The quantitative estimate of drug-likeness (QED) is 0.420. The number of benzene rings is 1. The van der Waals surface area contributed by atoms with E-state index in [2.05, 4.69) is 21.3 Å². The van der Waals surface area contributed by atoms with Crippen LogP contribution in [0.4, 0.5) is 5.82 Å². The predicted octanol–water partition coefficient (Wildman–Crippen LogP) is 4.10. The first kappa shape index (κ1) is 25.2. The van der Waals surface area contributed by atoms with Crippen LogP contribution in [0.3, 0.4) is 0 Å². The van der Waals surface area contributed by atoms with Crippen molar-refractivity contribution in [3.63, 3.8) is 0 Å². The van der Waals surface area contributed by atoms with Crippen LogP contribution in [-0.4, -0.2) is 62.5 Å². The highest BCUT2D eigenvalue weighted by atomic mass is 35.5. The van der Waals surface area contributed by atoms with Gasteiger partial charge >= 0.3 is 0 Å². The van der Waals surface area contributed by atoms with Crippen LogP contribution in [0.1, 0.15) is 12.2 Å². The van der Waals surface area contributed by atoms with Gasteiger partial charge in [-0.05, 0) is 12.5 Å². The molecule has 1 unspecified atom stereocenters. The van der Waals surface area contributed by atoms with Crippen molar-refractivity contribution in [1.82, 2.24) is 20.3 Å². The molecule has 1 aromatic carbocycles. The predicted molar refractivity (Wildman–Crippen MR) is 135 cm³/mol. The molecular weight excluding hydrogens is 491 g/mol. The normalized spacial score (nSPS) is 15.4. The number of pyridine rings is 1. The summed E-state index contributed by atoms with van der Waals surface area (Å²) in [5.41, 5.74) is 1.73. The molecule has 3 heterocycles. The highest BCUT2D eigenvalue weighted by molar-refractivity contribution is 6.41. The van der Waals surface area contributed by atoms with Crippen LogP contribution in [0.5, 0.6) is 11.5 Å². The number of rotatable bonds is 9. The van der Waals surface area contributed by atoms with Crippen molar-refractivity contribution in [3.8, 4) is 28.8 Å². The zero-order chi connectivity index (χ0) is 24.9. The van der Waals surface area contributed by atoms with Gasteiger partial charge in [0.05, 0.1) is 55.1 Å². The molecule has 1 N–H and O–H groups in total. The van der Waals surface area contributed by atoms with E-state index >= 15 is 0 Å². The van der Waals surface area contributed by atoms with Crippen molar-refractivity contribution < 1.29 is 14.2 Å². The van der Waals surface area contributed by atoms with Crippen molar-refractivity contribution in [3.05, 3.63) is 34.2 Å². The number of fused-ring (bicyclic) bond motifs is 1. The first-order valence-corrected chi connectivity index (χ1v) is 11.9. The molecule has 1 aliphatic rings. The lowest BCUT2D eigenvalue weighted by Gasteiger charge is -2.21. The number of aromatic nitrogens is 3. The van der Waals surface area contributed by atoms with Crippen molar-refractivity contribution in [1.29, 1.82) is 5.26 Å². The Bertz CT molecular complexity index is 1240. The van der Waals surface area contributed by atoms with Crippen molar-refractivity contribution in [2.24, 2.45) is 5.92 Å². The topological polar surface area (TPSA) is 105 Å². The third-order valence-electron chi connectivity index (χ3n) is 5.86. The van der Waals surface area contributed by atoms with Crippen LogP contribution in [-0.2, 0) is 11.3 Å². The molecule has 11 heteroatoms. The molecule has 2 aromatic heterocycles. The maximum atomic E-state index is 9.45. The molecule has 0 saturated carbocycles. The van der Waals surface area contributed by atoms with Gasteiger partial charge in [0, 0.05) is 50.0 Å². The Balaban J connectivity index is 1.86. The maximum Gasteiger partial charge on any atom is 0.156 e. The number of nitrogens with one attached hydrogen (secondary N) is 1. The molecule has 4 rings (SSSR count). The number of ether oxygens (including phenoxy) is 3. The zero-order valence-corrected chi connectivity index (χ0v) is 21.3. The fraction of sp³-hybridized carbons (Fsp3) is 0.417. The summed E-state index contributed by atoms with van der Waals surface area (Å²) >= 11 is 13.4. The summed E-state index contributed by atoms with van der Waals surface area (Å²) in [6, 6.07) is 5.85. The molecule has 1 saturated heterocycles. The number of halogens is 2. The van der Waals surface area contributed by atoms with E-state index in [1.807, 2.05) is 6.07 Å². The van der Waals surface area contributed by atoms with Gasteiger partial charge in [-0.3, -0.25) is 0 Å². The molecular formula is C24H26Cl2N6O3. The van der Waals surface area contributed by atoms with E-state index < -0.39 is 0 Å². The van der Waals surface area contributed by atoms with Gasteiger partial charge in [0.1, 0.15) is 22.8 Å². The summed E-state index contributed by atoms with van der Waals surface area (Å²) in [6.07, 6.45) is 2.52. The molecule has 1 fully saturated rings. The lowest BCUT2D eigenvalue weighted by Crippen LogP contribution is -2.22. The molecule has 1 aliphatic heterocycles. The molecule has 35 heavy (non-hydrogen) atoms. The summed E-state index contributed by atoms with van der Waals surface area (Å²) in [6.45, 7) is 3.03. The Morgan fingerprint density at radius 2 is 1.89 bits per heavy atom. The van der Waals surface area contributed by atoms with E-state index in [0.717, 1.165) is 11.8 Å². The third-order valence-corrected chi connectivity index (χ3v) is 6.61. The van der Waals surface area contributed by atoms with Gasteiger partial charge in [0.25, 0.3) is 0 Å². The van der Waals surface area contributed by atoms with Crippen molar-refractivity contribution in [2.45, 2.75) is 13.0 Å². The molecule has 9 nitrogen and oxygen atoms in total. The van der Waals surface area contributed by atoms with E-state index in [0.29, 0.717) is 82.7 Å². The third kappa shape index (κ3) is 5.21. The molecule has 184 valence electrons. The van der Waals surface area contributed by atoms with Crippen LogP contribution in [0.25, 0.3) is 22.2 Å². The Hall–Kier alpha value is -2.90. The lowest BCUT2D eigenvalue weighted by atomic mass is 10.1. The van der Waals surface area contributed by atoms with Gasteiger partial charge < -0.3 is 24.4 Å². The molecule has 0 radical (unpaired) electrons. The van der Waals surface area contributed by atoms with Gasteiger partial charge in [0.2, 0.25) is 0 Å². The number of anilines is 1. The van der Waals surface area contributed by atoms with Gasteiger partial charge in [-0.25, -0.2) is 15.0 Å². The Morgan fingerprint density at radius 3 is 2.51 bits per heavy atom. The Morgan fingerprint density at radius 1 is 1.14 bits per heavy atom. The standard InChI is InChI=1S/C24H26Cl2N6O3/c1-33-7-5-28-12-19-29-11-15-8-16(20-21(25)17(34-2)9-18(35-3)22(20)26)30-24(23(15)31-19)32-6-4-14(10-27)13-32/h8-9,11,14,28H,4-7,12-13H2,1-3H3. The van der Waals surface area contributed by atoms with Gasteiger partial charge in [-0.2, -0.15) is 5.26 Å². The molecule has 0 spiro atoms. The van der Waals surface area contributed by atoms with E-state index in [1.54, 1.807) is 19.4 Å². The SMILES string of the molecule is COCCNCc1ncc2cc(-c3c(Cl)c(OC)cc(OC)c3Cl)nc(N3CCC(C#N)C3)c2n1. The highest BCUT2D eigenvalue weighted by Crippen LogP contribution is 2.46. The molecule has 0 amide bonds. The largest absolute Gasteiger partial charge is 0.495 e. The number of hydrogen-bond donors (Lipinski definition) is 1. The smallest absolute Gasteiger partial charge is 0.156 e. The first-order chi connectivity index (χ1) is 17.0. The minimum Gasteiger partial charge on any atom is -0.495 e. The Kier molecular flexibility index (Phi) is 8.08. The van der Waals surface area contributed by atoms with E-state index in [9.17, 15) is 5.26 Å². The maximum absolute atomic E-state index is 9.45. The lowest BCUT2D eigenvalue weighted by molar-refractivity contribution is 0.199. The summed E-state index contributed by atoms with van der Waals surface area (Å²) in [5, 5.41) is 14.1. The van der Waals surface area contributed by atoms with Gasteiger partial charge in [-0.1, -0.05) is 23.2 Å². The fourth-order valence-corrected chi connectivity index (χ4v) is 4.73. The van der Waals surface area contributed by atoms with E-state index in [-0.39, 0.29) is 5.92 Å². The highest BCUT2D eigenvalue weighted by Gasteiger charge is 2.27. The van der Waals surface area contributed by atoms with Crippen LogP contribution in [0.15, 0.2) is 18.3 Å². The van der Waals surface area contributed by atoms with Crippen LogP contribution >= 0.6 is 23.2 Å². The van der Waals surface area contributed by atoms with E-state index in [1.165, 1.54) is 14.2 Å². The van der Waals surface area contributed by atoms with Crippen LogP contribution < -0.4 is 19.7 Å². The molecule has 3 aromatic rings. The van der Waals surface area contributed by atoms with E-state index in [4.69, 9.17) is 47.4 Å². The second kappa shape index (κ2) is 11.2. The molecule has 0 aliphatic carbocycles. The number of nitriles is 1. The second-order valence-corrected chi connectivity index (χ2v) is 8.83. The first-order valence-electron chi connectivity index (χ1n) is 11.1. The van der Waals surface area contributed by atoms with Crippen molar-refractivity contribution in [2.75, 3.05) is 52.5 Å². The average Bonchev–Trinajstić information content (AvgIpc) is 3.36. The van der Waals surface area contributed by atoms with Crippen LogP contribution in [0.2, 0.25) is 10.0 Å². The zero-order valence-electron chi connectivity index (χ0n) is 19.8. The minimum absolute atomic E-state index is 0.0726. The van der Waals surface area contributed by atoms with Gasteiger partial charge in [-0.15, -0.1) is 0 Å². The monoisotopic (exact) mass is 516 g/mol. The minimum atomic E-state index is -0.0726. The van der Waals surface area contributed by atoms with Crippen LogP contribution in [0, 0.1) is 17.2 Å². The Labute approximate surface area is 213 Å². The number of methoxy groups -OCH3 is 3. The second-order valence-electron chi connectivity index (χ2n) is 8.07. The van der Waals surface area contributed by atoms with Gasteiger partial charge in [0.15, 0.2) is 5.82 Å². The number of nitrogens with zero attached hydrogens (tertiary/aromatic N) is 5. The summed E-state index contributed by atoms with van der Waals surface area (Å²) in [5.74, 6) is 2.07. The van der Waals surface area contributed by atoms with Crippen molar-refractivity contribution >= 4 is 39.9 Å². The molecule has 0 bridgehead atoms.